The maximum Gasteiger partial charge on any atom is 0.224 e. The summed E-state index contributed by atoms with van der Waals surface area (Å²) >= 11 is 0. The lowest BCUT2D eigenvalue weighted by atomic mass is 10.1. The second-order valence-electron chi connectivity index (χ2n) is 9.14. The molecular weight excluding hydrogens is 466 g/mol. The average molecular weight is 502 g/mol. The second-order valence-corrected chi connectivity index (χ2v) is 9.14. The van der Waals surface area contributed by atoms with Gasteiger partial charge in [-0.25, -0.2) is 4.98 Å². The molecule has 0 saturated carbocycles. The number of carbonyl (C=O) groups is 1. The van der Waals surface area contributed by atoms with Crippen LogP contribution in [-0.2, 0) is 17.8 Å². The molecule has 1 heterocycles. The number of aryl methyl sites for hydroxylation is 2. The van der Waals surface area contributed by atoms with E-state index in [9.17, 15) is 4.79 Å². The van der Waals surface area contributed by atoms with Gasteiger partial charge in [0, 0.05) is 6.54 Å². The van der Waals surface area contributed by atoms with Crippen molar-refractivity contribution in [2.75, 3.05) is 20.8 Å². The first-order valence-corrected chi connectivity index (χ1v) is 12.6. The van der Waals surface area contributed by atoms with E-state index in [0.717, 1.165) is 47.6 Å². The predicted molar refractivity (Wildman–Crippen MR) is 145 cm³/mol. The fraction of sp³-hybridized carbons (Fsp3) is 0.333. The molecule has 1 amide bonds. The van der Waals surface area contributed by atoms with E-state index in [1.165, 1.54) is 5.56 Å². The summed E-state index contributed by atoms with van der Waals surface area (Å²) in [6.45, 7) is 5.49. The lowest BCUT2D eigenvalue weighted by molar-refractivity contribution is -0.121. The number of unbranched alkanes of at least 4 members (excludes halogenated alkanes) is 1. The number of ether oxygens (including phenoxy) is 3. The number of amides is 1. The summed E-state index contributed by atoms with van der Waals surface area (Å²) in [4.78, 5) is 17.8. The number of nitrogens with one attached hydrogen (secondary N) is 1. The fourth-order valence-corrected chi connectivity index (χ4v) is 4.46. The van der Waals surface area contributed by atoms with E-state index < -0.39 is 0 Å². The molecule has 1 unspecified atom stereocenters. The summed E-state index contributed by atoms with van der Waals surface area (Å²) in [6, 6.07) is 21.5. The molecule has 0 bridgehead atoms. The number of aromatic nitrogens is 2. The quantitative estimate of drug-likeness (QED) is 0.254. The summed E-state index contributed by atoms with van der Waals surface area (Å²) in [7, 11) is 3.18. The van der Waals surface area contributed by atoms with Gasteiger partial charge in [-0.1, -0.05) is 30.3 Å². The van der Waals surface area contributed by atoms with Crippen LogP contribution in [0.4, 0.5) is 0 Å². The van der Waals surface area contributed by atoms with Gasteiger partial charge in [-0.2, -0.15) is 0 Å². The van der Waals surface area contributed by atoms with Gasteiger partial charge < -0.3 is 24.1 Å². The largest absolute Gasteiger partial charge is 0.494 e. The molecule has 1 N–H and O–H groups in total. The maximum absolute atomic E-state index is 12.9. The molecule has 0 spiro atoms. The van der Waals surface area contributed by atoms with Gasteiger partial charge in [-0.05, 0) is 74.2 Å². The number of hydrogen-bond donors (Lipinski definition) is 1. The molecule has 4 rings (SSSR count). The zero-order valence-corrected chi connectivity index (χ0v) is 22.0. The van der Waals surface area contributed by atoms with Crippen molar-refractivity contribution in [2.24, 2.45) is 0 Å². The van der Waals surface area contributed by atoms with Crippen molar-refractivity contribution < 1.29 is 19.0 Å². The minimum absolute atomic E-state index is 0.0788. The number of imidazole rings is 1. The Morgan fingerprint density at radius 3 is 2.57 bits per heavy atom. The first kappa shape index (κ1) is 26.1. The molecule has 1 aromatic heterocycles. The molecule has 3 aromatic carbocycles. The highest BCUT2D eigenvalue weighted by Crippen LogP contribution is 2.28. The molecule has 37 heavy (non-hydrogen) atoms. The minimum atomic E-state index is -0.247. The average Bonchev–Trinajstić information content (AvgIpc) is 3.27. The van der Waals surface area contributed by atoms with Crippen molar-refractivity contribution in [1.29, 1.82) is 0 Å². The Morgan fingerprint density at radius 2 is 1.78 bits per heavy atom. The fourth-order valence-electron chi connectivity index (χ4n) is 4.46. The summed E-state index contributed by atoms with van der Waals surface area (Å²) in [5, 5.41) is 3.12. The SMILES string of the molecule is COc1ccc(CC(=O)NC(C)c2nc3ccccc3n2CCCCOc2cccc(C)c2)cc1OC. The van der Waals surface area contributed by atoms with Crippen LogP contribution in [0.15, 0.2) is 66.7 Å². The minimum Gasteiger partial charge on any atom is -0.494 e. The van der Waals surface area contributed by atoms with Crippen LogP contribution in [0.3, 0.4) is 0 Å². The van der Waals surface area contributed by atoms with Crippen LogP contribution in [0.2, 0.25) is 0 Å². The third-order valence-corrected chi connectivity index (χ3v) is 6.30. The van der Waals surface area contributed by atoms with Crippen LogP contribution in [0, 0.1) is 6.92 Å². The van der Waals surface area contributed by atoms with E-state index in [1.54, 1.807) is 14.2 Å². The number of hydrogen-bond acceptors (Lipinski definition) is 5. The lowest BCUT2D eigenvalue weighted by Gasteiger charge is -2.17. The second kappa shape index (κ2) is 12.3. The number of methoxy groups -OCH3 is 2. The van der Waals surface area contributed by atoms with Crippen LogP contribution < -0.4 is 19.5 Å². The van der Waals surface area contributed by atoms with Crippen LogP contribution in [0.5, 0.6) is 17.2 Å². The molecular formula is C30H35N3O4. The number of nitrogens with zero attached hydrogens (tertiary/aromatic N) is 2. The molecule has 194 valence electrons. The Hall–Kier alpha value is -4.00. The summed E-state index contributed by atoms with van der Waals surface area (Å²) < 4.78 is 18.8. The van der Waals surface area contributed by atoms with E-state index in [2.05, 4.69) is 28.9 Å². The number of fused-ring (bicyclic) bond motifs is 1. The van der Waals surface area contributed by atoms with Gasteiger partial charge in [0.15, 0.2) is 11.5 Å². The smallest absolute Gasteiger partial charge is 0.224 e. The maximum atomic E-state index is 12.9. The molecule has 7 nitrogen and oxygen atoms in total. The van der Waals surface area contributed by atoms with Crippen LogP contribution in [0.1, 0.15) is 42.8 Å². The highest BCUT2D eigenvalue weighted by molar-refractivity contribution is 5.80. The molecule has 0 fully saturated rings. The first-order chi connectivity index (χ1) is 18.0. The van der Waals surface area contributed by atoms with Crippen LogP contribution >= 0.6 is 0 Å². The van der Waals surface area contributed by atoms with Gasteiger partial charge in [0.25, 0.3) is 0 Å². The van der Waals surface area contributed by atoms with E-state index >= 15 is 0 Å². The molecule has 7 heteroatoms. The molecule has 1 atom stereocenters. The van der Waals surface area contributed by atoms with Crippen molar-refractivity contribution >= 4 is 16.9 Å². The Morgan fingerprint density at radius 1 is 0.973 bits per heavy atom. The Balaban J connectivity index is 1.39. The third-order valence-electron chi connectivity index (χ3n) is 6.30. The van der Waals surface area contributed by atoms with Crippen molar-refractivity contribution in [3.05, 3.63) is 83.7 Å². The van der Waals surface area contributed by atoms with Gasteiger partial charge in [-0.3, -0.25) is 4.79 Å². The van der Waals surface area contributed by atoms with Gasteiger partial charge in [0.05, 0.1) is 44.3 Å². The summed E-state index contributed by atoms with van der Waals surface area (Å²) in [5.74, 6) is 2.91. The highest BCUT2D eigenvalue weighted by Gasteiger charge is 2.19. The Labute approximate surface area is 218 Å². The zero-order valence-electron chi connectivity index (χ0n) is 22.0. The molecule has 0 aliphatic heterocycles. The third kappa shape index (κ3) is 6.61. The summed E-state index contributed by atoms with van der Waals surface area (Å²) in [5.41, 5.74) is 4.03. The number of benzene rings is 3. The summed E-state index contributed by atoms with van der Waals surface area (Å²) in [6.07, 6.45) is 2.09. The Bertz CT molecular complexity index is 1350. The van der Waals surface area contributed by atoms with Gasteiger partial charge >= 0.3 is 0 Å². The van der Waals surface area contributed by atoms with E-state index in [4.69, 9.17) is 19.2 Å². The van der Waals surface area contributed by atoms with Crippen molar-refractivity contribution in [3.8, 4) is 17.2 Å². The van der Waals surface area contributed by atoms with E-state index in [-0.39, 0.29) is 18.4 Å². The van der Waals surface area contributed by atoms with Gasteiger partial charge in [0.1, 0.15) is 11.6 Å². The predicted octanol–water partition coefficient (Wildman–Crippen LogP) is 5.64. The van der Waals surface area contributed by atoms with Gasteiger partial charge in [-0.15, -0.1) is 0 Å². The van der Waals surface area contributed by atoms with Crippen molar-refractivity contribution in [2.45, 2.75) is 45.7 Å². The lowest BCUT2D eigenvalue weighted by Crippen LogP contribution is -2.30. The van der Waals surface area contributed by atoms with Gasteiger partial charge in [0.2, 0.25) is 5.91 Å². The van der Waals surface area contributed by atoms with Crippen molar-refractivity contribution in [1.82, 2.24) is 14.9 Å². The highest BCUT2D eigenvalue weighted by atomic mass is 16.5. The molecule has 4 aromatic rings. The van der Waals surface area contributed by atoms with E-state index in [0.29, 0.717) is 18.1 Å². The van der Waals surface area contributed by atoms with Crippen LogP contribution in [0.25, 0.3) is 11.0 Å². The zero-order chi connectivity index (χ0) is 26.2. The molecule has 0 saturated heterocycles. The Kier molecular flexibility index (Phi) is 8.67. The number of rotatable bonds is 12. The number of para-hydroxylation sites is 2. The first-order valence-electron chi connectivity index (χ1n) is 12.6. The van der Waals surface area contributed by atoms with E-state index in [1.807, 2.05) is 61.5 Å². The van der Waals surface area contributed by atoms with Crippen LogP contribution in [-0.4, -0.2) is 36.3 Å². The molecule has 0 aliphatic rings. The molecule has 0 aliphatic carbocycles. The topological polar surface area (TPSA) is 74.6 Å². The number of carbonyl (C=O) groups excluding carboxylic acids is 1. The molecule has 0 radical (unpaired) electrons. The monoisotopic (exact) mass is 501 g/mol. The van der Waals surface area contributed by atoms with Crippen molar-refractivity contribution in [3.63, 3.8) is 0 Å². The standard InChI is InChI=1S/C30H35N3O4/c1-21-10-9-11-24(18-21)37-17-8-7-16-33-26-13-6-5-12-25(26)32-30(33)22(2)31-29(34)20-23-14-15-27(35-3)28(19-23)36-4/h5-6,9-15,18-19,22H,7-8,16-17,20H2,1-4H3,(H,31,34). The normalized spacial score (nSPS) is 11.8.